The molecule has 19 heteroatoms. The second-order valence-electron chi connectivity index (χ2n) is 22.0. The second-order valence-corrected chi connectivity index (χ2v) is 25.4. The van der Waals surface area contributed by atoms with Crippen molar-refractivity contribution in [3.05, 3.63) is 47.3 Å². The minimum absolute atomic E-state index is 0.00679. The number of aryl methyl sites for hydroxylation is 4. The molecule has 8 heterocycles. The van der Waals surface area contributed by atoms with Gasteiger partial charge in [-0.2, -0.15) is 4.98 Å². The lowest BCUT2D eigenvalue weighted by atomic mass is 9.99. The molecule has 0 radical (unpaired) electrons. The van der Waals surface area contributed by atoms with Crippen LogP contribution < -0.4 is 16.0 Å². The molecule has 0 spiro atoms. The summed E-state index contributed by atoms with van der Waals surface area (Å²) in [5.41, 5.74) is 7.16. The van der Waals surface area contributed by atoms with Crippen LogP contribution in [0.2, 0.25) is 0 Å². The molecule has 3 N–H and O–H groups in total. The number of anilines is 3. The molecule has 71 heavy (non-hydrogen) atoms. The Kier molecular flexibility index (Phi) is 12.0. The lowest BCUT2D eigenvalue weighted by Gasteiger charge is -2.25. The van der Waals surface area contributed by atoms with E-state index in [9.17, 15) is 4.21 Å². The zero-order chi connectivity index (χ0) is 49.2. The van der Waals surface area contributed by atoms with Crippen molar-refractivity contribution in [3.63, 3.8) is 0 Å². The Hall–Kier alpha value is -4.37. The van der Waals surface area contributed by atoms with Crippen LogP contribution in [0.3, 0.4) is 0 Å². The van der Waals surface area contributed by atoms with E-state index in [2.05, 4.69) is 44.7 Å². The number of ether oxygens (including phenoxy) is 4. The smallest absolute Gasteiger partial charge is 0.225 e. The van der Waals surface area contributed by atoms with Crippen molar-refractivity contribution in [3.8, 4) is 21.1 Å². The Morgan fingerprint density at radius 3 is 1.54 bits per heavy atom. The molecule has 376 valence electrons. The largest absolute Gasteiger partial charge is 0.364 e. The van der Waals surface area contributed by atoms with E-state index in [1.54, 1.807) is 35.1 Å². The molecule has 1 unspecified atom stereocenters. The van der Waals surface area contributed by atoms with Gasteiger partial charge in [0.1, 0.15) is 44.9 Å². The number of fused-ring (bicyclic) bond motifs is 4. The Morgan fingerprint density at radius 1 is 0.620 bits per heavy atom. The van der Waals surface area contributed by atoms with E-state index in [0.29, 0.717) is 46.6 Å². The third kappa shape index (κ3) is 9.34. The predicted molar refractivity (Wildman–Crippen MR) is 278 cm³/mol. The van der Waals surface area contributed by atoms with Crippen molar-refractivity contribution in [2.45, 2.75) is 173 Å². The topological polar surface area (TPSA) is 193 Å². The molecule has 13 rings (SSSR count). The Morgan fingerprint density at radius 2 is 1.08 bits per heavy atom. The summed E-state index contributed by atoms with van der Waals surface area (Å²) >= 11 is 3.27. The maximum atomic E-state index is 12.3. The van der Waals surface area contributed by atoms with Gasteiger partial charge in [0, 0.05) is 24.7 Å². The molecule has 5 saturated carbocycles. The zero-order valence-electron chi connectivity index (χ0n) is 42.2. The molecule has 0 aromatic carbocycles. The highest BCUT2D eigenvalue weighted by atomic mass is 32.2. The minimum atomic E-state index is -1.30. The average molecular weight is 1020 g/mol. The molecule has 7 aliphatic rings. The van der Waals surface area contributed by atoms with Crippen LogP contribution in [0.25, 0.3) is 41.6 Å². The summed E-state index contributed by atoms with van der Waals surface area (Å²) in [6.07, 6.45) is 15.1. The summed E-state index contributed by atoms with van der Waals surface area (Å²) in [5, 5.41) is 13.2. The maximum Gasteiger partial charge on any atom is 0.225 e. The Balaban J connectivity index is 0.000000146. The zero-order valence-corrected chi connectivity index (χ0v) is 44.7. The molecule has 5 aliphatic carbocycles. The predicted octanol–water partition coefficient (Wildman–Crippen LogP) is 9.94. The normalized spacial score (nSPS) is 29.2. The van der Waals surface area contributed by atoms with E-state index in [-0.39, 0.29) is 36.5 Å². The van der Waals surface area contributed by atoms with Crippen molar-refractivity contribution in [1.82, 2.24) is 39.9 Å². The van der Waals surface area contributed by atoms with Crippen LogP contribution >= 0.6 is 22.7 Å². The van der Waals surface area contributed by atoms with E-state index < -0.39 is 22.4 Å². The van der Waals surface area contributed by atoms with Crippen molar-refractivity contribution < 1.29 is 23.2 Å². The summed E-state index contributed by atoms with van der Waals surface area (Å²) < 4.78 is 40.2. The Bertz CT molecular complexity index is 3060. The number of aromatic nitrogens is 8. The highest BCUT2D eigenvalue weighted by Crippen LogP contribution is 2.54. The molecule has 6 aromatic heterocycles. The van der Waals surface area contributed by atoms with E-state index >= 15 is 0 Å². The fraction of sp³-hybridized carbons (Fsp3) is 0.615. The molecule has 6 aromatic rings. The van der Waals surface area contributed by atoms with Gasteiger partial charge >= 0.3 is 0 Å². The van der Waals surface area contributed by atoms with Crippen LogP contribution in [0, 0.1) is 57.3 Å². The van der Waals surface area contributed by atoms with Crippen molar-refractivity contribution in [1.29, 1.82) is 0 Å². The van der Waals surface area contributed by atoms with Gasteiger partial charge in [0.05, 0.1) is 78.4 Å². The number of nitrogens with one attached hydrogen (secondary N) is 3. The van der Waals surface area contributed by atoms with Gasteiger partial charge in [-0.1, -0.05) is 0 Å². The number of hydrogen-bond donors (Lipinski definition) is 3. The van der Waals surface area contributed by atoms with Crippen LogP contribution in [-0.4, -0.2) is 104 Å². The van der Waals surface area contributed by atoms with Gasteiger partial charge in [-0.15, -0.1) is 22.7 Å². The Labute approximate surface area is 425 Å². The van der Waals surface area contributed by atoms with Crippen LogP contribution in [0.1, 0.15) is 109 Å². The number of pyridine rings is 2. The van der Waals surface area contributed by atoms with Crippen molar-refractivity contribution in [2.75, 3.05) is 22.2 Å². The van der Waals surface area contributed by atoms with Gasteiger partial charge in [0.25, 0.3) is 0 Å². The lowest BCUT2D eigenvalue weighted by Crippen LogP contribution is -2.35. The third-order valence-electron chi connectivity index (χ3n) is 15.6. The number of thiazole rings is 2. The minimum Gasteiger partial charge on any atom is -0.364 e. The second kappa shape index (κ2) is 17.9. The SMILES string of the molecule is Cc1nc(N[C@H](C)C2CC2)nc(N[C@@H]2C[C@H](C3CC3)[C@H]3OC(C)(C)O[C@H]32)c1-c1nc2c(C)nccc2s1.Cc1nc(S(C)=O)nc(N[C@@H]2C[C@H](C3CC3)[C@H]3OC(C)(C)O[C@H]32)c1-c1nc2c(C)nccc2s1. The molecule has 2 saturated heterocycles. The maximum absolute atomic E-state index is 12.3. The molecule has 10 atom stereocenters. The molecule has 16 nitrogen and oxygen atoms in total. The molecule has 0 amide bonds. The van der Waals surface area contributed by atoms with Gasteiger partial charge in [-0.05, 0) is 155 Å². The van der Waals surface area contributed by atoms with Crippen LogP contribution in [0.5, 0.6) is 0 Å². The molecule has 2 aliphatic heterocycles. The van der Waals surface area contributed by atoms with Gasteiger partial charge in [0.15, 0.2) is 11.6 Å². The highest BCUT2D eigenvalue weighted by molar-refractivity contribution is 7.84. The summed E-state index contributed by atoms with van der Waals surface area (Å²) in [6, 6.07) is 4.54. The summed E-state index contributed by atoms with van der Waals surface area (Å²) in [6.45, 7) is 18.2. The van der Waals surface area contributed by atoms with Crippen LogP contribution in [0.4, 0.5) is 17.6 Å². The lowest BCUT2D eigenvalue weighted by molar-refractivity contribution is -0.158. The van der Waals surface area contributed by atoms with E-state index in [1.165, 1.54) is 38.5 Å². The van der Waals surface area contributed by atoms with Crippen LogP contribution in [-0.2, 0) is 29.7 Å². The number of rotatable bonds is 12. The molecule has 7 fully saturated rings. The van der Waals surface area contributed by atoms with Gasteiger partial charge in [-0.3, -0.25) is 14.2 Å². The molecular formula is C52H65N11O5S3. The van der Waals surface area contributed by atoms with E-state index in [0.717, 1.165) is 88.9 Å². The third-order valence-corrected chi connectivity index (χ3v) is 18.4. The first-order valence-corrected chi connectivity index (χ1v) is 28.7. The number of nitrogens with zero attached hydrogens (tertiary/aromatic N) is 8. The highest BCUT2D eigenvalue weighted by Gasteiger charge is 2.59. The van der Waals surface area contributed by atoms with Gasteiger partial charge < -0.3 is 34.9 Å². The van der Waals surface area contributed by atoms with Crippen molar-refractivity contribution >= 4 is 71.5 Å². The monoisotopic (exact) mass is 1020 g/mol. The quantitative estimate of drug-likeness (QED) is 0.0980. The summed E-state index contributed by atoms with van der Waals surface area (Å²) in [5.74, 6) is 4.19. The van der Waals surface area contributed by atoms with E-state index in [1.807, 2.05) is 66.8 Å². The van der Waals surface area contributed by atoms with Crippen LogP contribution in [0.15, 0.2) is 29.7 Å². The first-order chi connectivity index (χ1) is 34.0. The fourth-order valence-corrected chi connectivity index (χ4v) is 14.5. The number of hydrogen-bond acceptors (Lipinski definition) is 18. The first kappa shape index (κ1) is 47.6. The first-order valence-electron chi connectivity index (χ1n) is 25.5. The fourth-order valence-electron chi connectivity index (χ4n) is 11.8. The summed E-state index contributed by atoms with van der Waals surface area (Å²) in [7, 11) is -1.30. The van der Waals surface area contributed by atoms with Gasteiger partial charge in [0.2, 0.25) is 11.1 Å². The molecule has 0 bridgehead atoms. The van der Waals surface area contributed by atoms with Crippen molar-refractivity contribution in [2.24, 2.45) is 29.6 Å². The van der Waals surface area contributed by atoms with E-state index in [4.69, 9.17) is 43.9 Å². The summed E-state index contributed by atoms with van der Waals surface area (Å²) in [4.78, 5) is 38.0. The standard InChI is InChI=1S/C28H36N6O2S.C24H29N5O3S2/c1-13(16-6-7-16)30-27-31-14(2)21(26-33-22-15(3)29-11-10-20(22)37-26)25(34-27)32-19-12-18(17-8-9-17)23-24(19)36-28(4,5)35-23;1-11-17(22-28-18-12(2)25-9-8-16(18)33-22)21(29-23(26-11)34(5)30)27-15-10-14(13-6-7-13)19-20(15)32-24(3,4)31-19/h10-11,13,16-19,23-24H,6-9,12H2,1-5H3,(H2,30,31,32,34);8-9,13-15,19-20H,6-7,10H2,1-5H3,(H,26,27,29)/t13-,18-,19-,23-,24+;14-,15-,19-,20+,34?/m11/s1. The van der Waals surface area contributed by atoms with Gasteiger partial charge in [-0.25, -0.2) is 24.9 Å². The molecular weight excluding hydrogens is 955 g/mol. The average Bonchev–Trinajstić information content (AvgIpc) is 4.27.